The lowest BCUT2D eigenvalue weighted by molar-refractivity contribution is 0.284. The van der Waals surface area contributed by atoms with Gasteiger partial charge in [0, 0.05) is 16.5 Å². The molecule has 0 radical (unpaired) electrons. The van der Waals surface area contributed by atoms with Gasteiger partial charge in [0.15, 0.2) is 4.80 Å². The zero-order chi connectivity index (χ0) is 23.7. The standard InChI is InChI=1S/C27H22Cl2F2N2S/c28-23-11-6-20(14-24(23)29)27(12-1-13-27)25-17-34-26(32-15-18-2-7-21(30)8-3-18)33(25)16-19-4-9-22(31)10-5-19/h2-11,14,17H,1,12-13,15-16H2/b32-26+. The Balaban J connectivity index is 1.59. The van der Waals surface area contributed by atoms with E-state index in [0.717, 1.165) is 40.8 Å². The Bertz CT molecular complexity index is 1370. The smallest absolute Gasteiger partial charge is 0.185 e. The highest BCUT2D eigenvalue weighted by molar-refractivity contribution is 7.07. The van der Waals surface area contributed by atoms with Crippen molar-refractivity contribution in [3.05, 3.63) is 121 Å². The first-order chi connectivity index (χ1) is 16.4. The molecule has 0 aliphatic heterocycles. The number of aromatic nitrogens is 1. The monoisotopic (exact) mass is 514 g/mol. The van der Waals surface area contributed by atoms with E-state index >= 15 is 0 Å². The van der Waals surface area contributed by atoms with E-state index in [9.17, 15) is 8.78 Å². The summed E-state index contributed by atoms with van der Waals surface area (Å²) in [5, 5.41) is 3.26. The van der Waals surface area contributed by atoms with Crippen LogP contribution in [0.2, 0.25) is 10.0 Å². The fourth-order valence-corrected chi connectivity index (χ4v) is 5.82. The number of hydrogen-bond donors (Lipinski definition) is 0. The molecule has 1 aromatic heterocycles. The third-order valence-corrected chi connectivity index (χ3v) is 8.17. The van der Waals surface area contributed by atoms with Gasteiger partial charge in [0.05, 0.1) is 23.1 Å². The minimum absolute atomic E-state index is 0.172. The molecule has 3 aromatic carbocycles. The van der Waals surface area contributed by atoms with Crippen LogP contribution in [0.3, 0.4) is 0 Å². The van der Waals surface area contributed by atoms with Gasteiger partial charge < -0.3 is 4.57 Å². The zero-order valence-electron chi connectivity index (χ0n) is 18.3. The fourth-order valence-electron chi connectivity index (χ4n) is 4.52. The quantitative estimate of drug-likeness (QED) is 0.250. The molecule has 34 heavy (non-hydrogen) atoms. The molecule has 1 aliphatic rings. The number of hydrogen-bond acceptors (Lipinski definition) is 2. The Morgan fingerprint density at radius 3 is 2.09 bits per heavy atom. The van der Waals surface area contributed by atoms with E-state index < -0.39 is 0 Å². The molecule has 1 saturated carbocycles. The van der Waals surface area contributed by atoms with Crippen LogP contribution in [-0.4, -0.2) is 4.57 Å². The van der Waals surface area contributed by atoms with E-state index in [4.69, 9.17) is 28.2 Å². The Morgan fingerprint density at radius 2 is 1.50 bits per heavy atom. The summed E-state index contributed by atoms with van der Waals surface area (Å²) in [6.45, 7) is 1.02. The van der Waals surface area contributed by atoms with Gasteiger partial charge in [-0.2, -0.15) is 0 Å². The number of thiazole rings is 1. The van der Waals surface area contributed by atoms with Crippen LogP contribution < -0.4 is 4.80 Å². The van der Waals surface area contributed by atoms with Crippen LogP contribution in [0.1, 0.15) is 41.6 Å². The molecule has 1 aliphatic carbocycles. The van der Waals surface area contributed by atoms with Crippen LogP contribution in [0, 0.1) is 11.6 Å². The number of halogens is 4. The van der Waals surface area contributed by atoms with Crippen LogP contribution in [0.5, 0.6) is 0 Å². The maximum atomic E-state index is 13.5. The summed E-state index contributed by atoms with van der Waals surface area (Å²) in [5.74, 6) is -0.520. The summed E-state index contributed by atoms with van der Waals surface area (Å²) < 4.78 is 29.1. The molecule has 0 unspecified atom stereocenters. The van der Waals surface area contributed by atoms with Crippen molar-refractivity contribution in [2.45, 2.75) is 37.8 Å². The molecule has 1 fully saturated rings. The van der Waals surface area contributed by atoms with E-state index in [2.05, 4.69) is 16.0 Å². The summed E-state index contributed by atoms with van der Waals surface area (Å²) in [5.41, 5.74) is 4.07. The molecule has 4 aromatic rings. The van der Waals surface area contributed by atoms with Crippen molar-refractivity contribution in [2.24, 2.45) is 4.99 Å². The van der Waals surface area contributed by atoms with Gasteiger partial charge in [0.25, 0.3) is 0 Å². The van der Waals surface area contributed by atoms with Gasteiger partial charge in [0.2, 0.25) is 0 Å². The van der Waals surface area contributed by atoms with Gasteiger partial charge in [-0.1, -0.05) is 60.0 Å². The zero-order valence-corrected chi connectivity index (χ0v) is 20.6. The van der Waals surface area contributed by atoms with E-state index in [-0.39, 0.29) is 17.0 Å². The Hall–Kier alpha value is -2.47. The maximum absolute atomic E-state index is 13.5. The minimum atomic E-state index is -0.262. The van der Waals surface area contributed by atoms with Crippen LogP contribution in [0.4, 0.5) is 8.78 Å². The maximum Gasteiger partial charge on any atom is 0.185 e. The molecule has 0 N–H and O–H groups in total. The molecule has 5 rings (SSSR count). The predicted molar refractivity (Wildman–Crippen MR) is 135 cm³/mol. The van der Waals surface area contributed by atoms with Crippen molar-refractivity contribution in [1.82, 2.24) is 4.57 Å². The molecule has 0 atom stereocenters. The van der Waals surface area contributed by atoms with E-state index in [1.165, 1.54) is 30.0 Å². The van der Waals surface area contributed by atoms with Gasteiger partial charge in [-0.15, -0.1) is 11.3 Å². The SMILES string of the molecule is Fc1ccc(C/N=c2/scc(C3(c4ccc(Cl)c(Cl)c4)CCC3)n2Cc2ccc(F)cc2)cc1. The van der Waals surface area contributed by atoms with Crippen LogP contribution >= 0.6 is 34.5 Å². The van der Waals surface area contributed by atoms with Crippen molar-refractivity contribution < 1.29 is 8.78 Å². The van der Waals surface area contributed by atoms with Crippen LogP contribution in [0.25, 0.3) is 0 Å². The number of benzene rings is 3. The largest absolute Gasteiger partial charge is 0.316 e. The van der Waals surface area contributed by atoms with Gasteiger partial charge >= 0.3 is 0 Å². The third kappa shape index (κ3) is 4.57. The molecule has 0 bridgehead atoms. The summed E-state index contributed by atoms with van der Waals surface area (Å²) in [6.07, 6.45) is 3.12. The lowest BCUT2D eigenvalue weighted by Gasteiger charge is -2.43. The molecule has 7 heteroatoms. The van der Waals surface area contributed by atoms with Crippen LogP contribution in [-0.2, 0) is 18.5 Å². The highest BCUT2D eigenvalue weighted by Crippen LogP contribution is 2.50. The van der Waals surface area contributed by atoms with E-state index in [1.807, 2.05) is 12.1 Å². The first-order valence-corrected chi connectivity index (χ1v) is 12.7. The molecular formula is C27H22Cl2F2N2S. The van der Waals surface area contributed by atoms with Crippen molar-refractivity contribution in [2.75, 3.05) is 0 Å². The highest BCUT2D eigenvalue weighted by Gasteiger charge is 2.43. The Morgan fingerprint density at radius 1 is 0.853 bits per heavy atom. The summed E-state index contributed by atoms with van der Waals surface area (Å²) in [6, 6.07) is 18.9. The van der Waals surface area contributed by atoms with E-state index in [1.54, 1.807) is 35.6 Å². The fraction of sp³-hybridized carbons (Fsp3) is 0.222. The van der Waals surface area contributed by atoms with Gasteiger partial charge in [-0.25, -0.2) is 8.78 Å². The molecule has 1 heterocycles. The molecule has 174 valence electrons. The molecule has 2 nitrogen and oxygen atoms in total. The predicted octanol–water partition coefficient (Wildman–Crippen LogP) is 7.75. The second-order valence-corrected chi connectivity index (χ2v) is 10.3. The lowest BCUT2D eigenvalue weighted by Crippen LogP contribution is -2.39. The van der Waals surface area contributed by atoms with Crippen LogP contribution in [0.15, 0.2) is 77.1 Å². The van der Waals surface area contributed by atoms with Crippen molar-refractivity contribution >= 4 is 34.5 Å². The second-order valence-electron chi connectivity index (χ2n) is 8.62. The van der Waals surface area contributed by atoms with Crippen molar-refractivity contribution in [3.63, 3.8) is 0 Å². The van der Waals surface area contributed by atoms with E-state index in [0.29, 0.717) is 23.1 Å². The Kier molecular flexibility index (Phi) is 6.61. The molecule has 0 saturated heterocycles. The molecule has 0 amide bonds. The third-order valence-electron chi connectivity index (χ3n) is 6.53. The number of nitrogens with zero attached hydrogens (tertiary/aromatic N) is 2. The summed E-state index contributed by atoms with van der Waals surface area (Å²) in [7, 11) is 0. The summed E-state index contributed by atoms with van der Waals surface area (Å²) >= 11 is 14.2. The van der Waals surface area contributed by atoms with Gasteiger partial charge in [0.1, 0.15) is 11.6 Å². The lowest BCUT2D eigenvalue weighted by atomic mass is 9.62. The van der Waals surface area contributed by atoms with Crippen molar-refractivity contribution in [1.29, 1.82) is 0 Å². The average Bonchev–Trinajstić information content (AvgIpc) is 3.19. The first-order valence-electron chi connectivity index (χ1n) is 11.1. The topological polar surface area (TPSA) is 17.3 Å². The minimum Gasteiger partial charge on any atom is -0.316 e. The van der Waals surface area contributed by atoms with Gasteiger partial charge in [-0.3, -0.25) is 4.99 Å². The number of rotatable bonds is 6. The van der Waals surface area contributed by atoms with Gasteiger partial charge in [-0.05, 0) is 65.9 Å². The molecule has 0 spiro atoms. The normalized spacial score (nSPS) is 15.4. The molecular weight excluding hydrogens is 493 g/mol. The Labute approximate surface area is 211 Å². The highest BCUT2D eigenvalue weighted by atomic mass is 35.5. The average molecular weight is 515 g/mol. The summed E-state index contributed by atoms with van der Waals surface area (Å²) in [4.78, 5) is 5.75. The first kappa shape index (κ1) is 23.3. The van der Waals surface area contributed by atoms with Crippen molar-refractivity contribution in [3.8, 4) is 0 Å². The second kappa shape index (κ2) is 9.65.